The van der Waals surface area contributed by atoms with Gasteiger partial charge < -0.3 is 10.6 Å². The molecule has 1 aromatic carbocycles. The van der Waals surface area contributed by atoms with Crippen LogP contribution in [0.5, 0.6) is 0 Å². The largest absolute Gasteiger partial charge is 0.384 e. The van der Waals surface area contributed by atoms with Gasteiger partial charge in [-0.05, 0) is 37.4 Å². The summed E-state index contributed by atoms with van der Waals surface area (Å²) in [5.41, 5.74) is 1.38. The quantitative estimate of drug-likeness (QED) is 0.776. The van der Waals surface area contributed by atoms with Crippen molar-refractivity contribution in [2.45, 2.75) is 31.2 Å². The predicted molar refractivity (Wildman–Crippen MR) is 63.3 cm³/mol. The molecule has 2 atom stereocenters. The summed E-state index contributed by atoms with van der Waals surface area (Å²) in [6, 6.07) is 0.422. The van der Waals surface area contributed by atoms with Gasteiger partial charge in [-0.25, -0.2) is 0 Å². The highest BCUT2D eigenvalue weighted by Crippen LogP contribution is 2.34. The van der Waals surface area contributed by atoms with Crippen molar-refractivity contribution in [3.8, 4) is 0 Å². The van der Waals surface area contributed by atoms with Crippen LogP contribution >= 0.6 is 0 Å². The van der Waals surface area contributed by atoms with Crippen molar-refractivity contribution in [3.05, 3.63) is 29.7 Å². The van der Waals surface area contributed by atoms with Gasteiger partial charge in [-0.15, -0.1) is 0 Å². The van der Waals surface area contributed by atoms with Crippen molar-refractivity contribution in [3.63, 3.8) is 0 Å². The molecule has 2 heteroatoms. The molecule has 3 rings (SSSR count). The average molecular weight is 206 g/mol. The Hall–Kier alpha value is -1.02. The summed E-state index contributed by atoms with van der Waals surface area (Å²) in [5.74, 6) is 0.187. The molecule has 80 valence electrons. The molecular weight excluding hydrogens is 184 g/mol. The molecule has 1 fully saturated rings. The van der Waals surface area contributed by atoms with Crippen LogP contribution in [0.25, 0.3) is 0 Å². The number of hydrogen-bond acceptors (Lipinski definition) is 2. The molecule has 0 spiro atoms. The number of benzene rings is 1. The molecule has 0 radical (unpaired) electrons. The lowest BCUT2D eigenvalue weighted by Gasteiger charge is -2.15. The Balaban J connectivity index is 1.95. The van der Waals surface area contributed by atoms with Gasteiger partial charge in [-0.1, -0.05) is 18.1 Å². The number of nitrogens with one attached hydrogen (secondary N) is 2. The third kappa shape index (κ3) is 1.74. The Bertz CT molecular complexity index is 512. The summed E-state index contributed by atoms with van der Waals surface area (Å²) in [4.78, 5) is 0. The van der Waals surface area contributed by atoms with E-state index >= 15 is 0 Å². The van der Waals surface area contributed by atoms with Gasteiger partial charge >= 0.3 is 0 Å². The second-order valence-corrected chi connectivity index (χ2v) is 4.40. The SMILES string of the molecule is [2H]c1c([2H])c([2H])c2c(c1[2H])NCC2C[C@H]1CCCN1. The van der Waals surface area contributed by atoms with Crippen LogP contribution in [0, 0.1) is 0 Å². The van der Waals surface area contributed by atoms with Crippen LogP contribution in [-0.2, 0) is 0 Å². The zero-order valence-corrected chi connectivity index (χ0v) is 8.69. The average Bonchev–Trinajstić information content (AvgIpc) is 3.04. The van der Waals surface area contributed by atoms with Crippen molar-refractivity contribution in [1.29, 1.82) is 0 Å². The maximum atomic E-state index is 8.07. The number of anilines is 1. The Morgan fingerprint density at radius 3 is 3.20 bits per heavy atom. The highest BCUT2D eigenvalue weighted by Gasteiger charge is 2.25. The first-order valence-electron chi connectivity index (χ1n) is 7.67. The number of fused-ring (bicyclic) bond motifs is 1. The molecule has 15 heavy (non-hydrogen) atoms. The molecule has 2 N–H and O–H groups in total. The van der Waals surface area contributed by atoms with Gasteiger partial charge in [0, 0.05) is 24.2 Å². The Morgan fingerprint density at radius 2 is 2.33 bits per heavy atom. The smallest absolute Gasteiger partial charge is 0.0645 e. The third-order valence-corrected chi connectivity index (χ3v) is 3.38. The van der Waals surface area contributed by atoms with Crippen molar-refractivity contribution in [1.82, 2.24) is 5.32 Å². The second kappa shape index (κ2) is 3.86. The van der Waals surface area contributed by atoms with E-state index in [9.17, 15) is 0 Å². The van der Waals surface area contributed by atoms with Crippen molar-refractivity contribution >= 4 is 5.69 Å². The van der Waals surface area contributed by atoms with Gasteiger partial charge in [0.2, 0.25) is 0 Å². The highest BCUT2D eigenvalue weighted by molar-refractivity contribution is 5.57. The summed E-state index contributed by atoms with van der Waals surface area (Å²) in [6.45, 7) is 1.78. The van der Waals surface area contributed by atoms with Crippen LogP contribution in [0.4, 0.5) is 5.69 Å². The van der Waals surface area contributed by atoms with E-state index in [0.717, 1.165) is 24.9 Å². The van der Waals surface area contributed by atoms with Crippen molar-refractivity contribution in [2.24, 2.45) is 0 Å². The number of rotatable bonds is 2. The van der Waals surface area contributed by atoms with E-state index in [4.69, 9.17) is 5.48 Å². The molecule has 0 bridgehead atoms. The molecule has 2 heterocycles. The lowest BCUT2D eigenvalue weighted by atomic mass is 9.93. The Morgan fingerprint density at radius 1 is 1.40 bits per heavy atom. The molecule has 2 aliphatic heterocycles. The molecule has 0 aromatic heterocycles. The predicted octanol–water partition coefficient (Wildman–Crippen LogP) is 2.34. The number of para-hydroxylation sites is 1. The van der Waals surface area contributed by atoms with Crippen LogP contribution in [-0.4, -0.2) is 19.1 Å². The summed E-state index contributed by atoms with van der Waals surface area (Å²) >= 11 is 0. The van der Waals surface area contributed by atoms with Gasteiger partial charge in [0.05, 0.1) is 5.48 Å². The third-order valence-electron chi connectivity index (χ3n) is 3.38. The molecule has 1 saturated heterocycles. The van der Waals surface area contributed by atoms with Crippen LogP contribution in [0.3, 0.4) is 0 Å². The second-order valence-electron chi connectivity index (χ2n) is 4.40. The number of hydrogen-bond donors (Lipinski definition) is 2. The Kier molecular flexibility index (Phi) is 1.52. The monoisotopic (exact) mass is 206 g/mol. The lowest BCUT2D eigenvalue weighted by molar-refractivity contribution is 0.509. The van der Waals surface area contributed by atoms with Crippen molar-refractivity contribution in [2.75, 3.05) is 18.4 Å². The molecule has 0 saturated carbocycles. The zero-order chi connectivity index (χ0) is 13.6. The first-order valence-corrected chi connectivity index (χ1v) is 5.67. The normalized spacial score (nSPS) is 32.5. The van der Waals surface area contributed by atoms with Gasteiger partial charge in [0.25, 0.3) is 0 Å². The van der Waals surface area contributed by atoms with Gasteiger partial charge in [-0.2, -0.15) is 0 Å². The molecule has 0 aliphatic carbocycles. The van der Waals surface area contributed by atoms with Crippen molar-refractivity contribution < 1.29 is 5.48 Å². The minimum Gasteiger partial charge on any atom is -0.384 e. The molecular formula is C13H18N2. The fourth-order valence-corrected chi connectivity index (χ4v) is 2.60. The molecule has 0 amide bonds. The standard InChI is InChI=1S/C13H18N2/c1-2-6-13-12(5-1)10(9-15-13)8-11-4-3-7-14-11/h1-2,5-6,10-11,14-15H,3-4,7-9H2/t10?,11-/m1/s1/i1D,2D,5D,6D. The topological polar surface area (TPSA) is 24.1 Å². The molecule has 1 unspecified atom stereocenters. The van der Waals surface area contributed by atoms with E-state index in [1.807, 2.05) is 0 Å². The highest BCUT2D eigenvalue weighted by atomic mass is 15.0. The van der Waals surface area contributed by atoms with Crippen LogP contribution < -0.4 is 10.6 Å². The van der Waals surface area contributed by atoms with E-state index in [2.05, 4.69) is 10.6 Å². The van der Waals surface area contributed by atoms with Crippen LogP contribution in [0.2, 0.25) is 0 Å². The summed E-state index contributed by atoms with van der Waals surface area (Å²) in [6.07, 6.45) is 3.31. The fourth-order valence-electron chi connectivity index (χ4n) is 2.60. The minimum atomic E-state index is -0.143. The lowest BCUT2D eigenvalue weighted by Crippen LogP contribution is -2.24. The summed E-state index contributed by atoms with van der Waals surface area (Å²) < 4.78 is 31.5. The maximum Gasteiger partial charge on any atom is 0.0645 e. The Labute approximate surface area is 96.7 Å². The maximum absolute atomic E-state index is 8.07. The first-order chi connectivity index (χ1) is 9.09. The van der Waals surface area contributed by atoms with E-state index < -0.39 is 0 Å². The van der Waals surface area contributed by atoms with Gasteiger partial charge in [-0.3, -0.25) is 0 Å². The van der Waals surface area contributed by atoms with Gasteiger partial charge in [0.15, 0.2) is 0 Å². The minimum absolute atomic E-state index is 0.0675. The van der Waals surface area contributed by atoms with E-state index in [1.165, 1.54) is 6.42 Å². The van der Waals surface area contributed by atoms with Crippen LogP contribution in [0.1, 0.15) is 36.2 Å². The van der Waals surface area contributed by atoms with E-state index in [-0.39, 0.29) is 30.1 Å². The molecule has 1 aromatic rings. The molecule has 2 nitrogen and oxygen atoms in total. The van der Waals surface area contributed by atoms with E-state index in [0.29, 0.717) is 18.3 Å². The van der Waals surface area contributed by atoms with E-state index in [1.54, 1.807) is 0 Å². The first kappa shape index (κ1) is 5.90. The summed E-state index contributed by atoms with van der Waals surface area (Å²) in [5, 5.41) is 6.62. The zero-order valence-electron chi connectivity index (χ0n) is 12.7. The van der Waals surface area contributed by atoms with Gasteiger partial charge in [0.1, 0.15) is 0 Å². The molecule has 2 aliphatic rings. The fraction of sp³-hybridized carbons (Fsp3) is 0.538. The van der Waals surface area contributed by atoms with Crippen LogP contribution in [0.15, 0.2) is 24.2 Å². The summed E-state index contributed by atoms with van der Waals surface area (Å²) in [7, 11) is 0.